The summed E-state index contributed by atoms with van der Waals surface area (Å²) in [6.07, 6.45) is 4.03. The maximum absolute atomic E-state index is 11.7. The predicted molar refractivity (Wildman–Crippen MR) is 51.4 cm³/mol. The summed E-state index contributed by atoms with van der Waals surface area (Å²) in [5, 5.41) is 0. The van der Waals surface area contributed by atoms with E-state index in [0.717, 1.165) is 6.42 Å². The number of hydrogen-bond donors (Lipinski definition) is 1. The van der Waals surface area contributed by atoms with E-state index in [-0.39, 0.29) is 11.7 Å². The van der Waals surface area contributed by atoms with Crippen molar-refractivity contribution in [3.8, 4) is 0 Å². The molecule has 13 heavy (non-hydrogen) atoms. The first-order valence-electron chi connectivity index (χ1n) is 4.44. The number of rotatable bonds is 4. The molecule has 3 nitrogen and oxygen atoms in total. The number of carbonyl (C=O) groups excluding carboxylic acids is 1. The lowest BCUT2D eigenvalue weighted by atomic mass is 9.96. The summed E-state index contributed by atoms with van der Waals surface area (Å²) in [5.74, 6) is 0.0646. The smallest absolute Gasteiger partial charge is 0.167 e. The molecule has 1 aromatic rings. The number of hydrogen-bond acceptors (Lipinski definition) is 3. The Bertz CT molecular complexity index is 268. The van der Waals surface area contributed by atoms with Gasteiger partial charge >= 0.3 is 0 Å². The van der Waals surface area contributed by atoms with Crippen molar-refractivity contribution in [1.29, 1.82) is 0 Å². The van der Waals surface area contributed by atoms with Gasteiger partial charge in [-0.2, -0.15) is 0 Å². The van der Waals surface area contributed by atoms with Crippen LogP contribution >= 0.6 is 0 Å². The van der Waals surface area contributed by atoms with Gasteiger partial charge in [-0.3, -0.25) is 9.78 Å². The molecule has 70 valence electrons. The third-order valence-corrected chi connectivity index (χ3v) is 2.11. The standard InChI is InChI=1S/C10H14N2O/c1-2-8(7-11)10(13)9-3-5-12-6-4-9/h3-6,8H,2,7,11H2,1H3. The Labute approximate surface area is 78.0 Å². The second kappa shape index (κ2) is 4.72. The van der Waals surface area contributed by atoms with Crippen molar-refractivity contribution < 1.29 is 4.79 Å². The van der Waals surface area contributed by atoms with Crippen LogP contribution in [0.3, 0.4) is 0 Å². The van der Waals surface area contributed by atoms with E-state index in [4.69, 9.17) is 5.73 Å². The predicted octanol–water partition coefficient (Wildman–Crippen LogP) is 1.25. The van der Waals surface area contributed by atoms with Crippen molar-refractivity contribution in [2.75, 3.05) is 6.54 Å². The Balaban J connectivity index is 2.78. The zero-order valence-electron chi connectivity index (χ0n) is 7.73. The summed E-state index contributed by atoms with van der Waals surface area (Å²) >= 11 is 0. The summed E-state index contributed by atoms with van der Waals surface area (Å²) in [4.78, 5) is 15.6. The van der Waals surface area contributed by atoms with E-state index in [9.17, 15) is 4.79 Å². The minimum absolute atomic E-state index is 0.0533. The van der Waals surface area contributed by atoms with Crippen molar-refractivity contribution in [2.24, 2.45) is 11.7 Å². The maximum atomic E-state index is 11.7. The van der Waals surface area contributed by atoms with Crippen LogP contribution in [0.4, 0.5) is 0 Å². The van der Waals surface area contributed by atoms with Crippen molar-refractivity contribution in [3.63, 3.8) is 0 Å². The fourth-order valence-corrected chi connectivity index (χ4v) is 1.21. The van der Waals surface area contributed by atoms with Crippen molar-refractivity contribution in [2.45, 2.75) is 13.3 Å². The normalized spacial score (nSPS) is 12.5. The molecule has 0 aliphatic heterocycles. The second-order valence-corrected chi connectivity index (χ2v) is 2.94. The first kappa shape index (κ1) is 9.86. The van der Waals surface area contributed by atoms with Crippen molar-refractivity contribution in [1.82, 2.24) is 4.98 Å². The first-order valence-corrected chi connectivity index (χ1v) is 4.44. The van der Waals surface area contributed by atoms with Gasteiger partial charge in [0.15, 0.2) is 5.78 Å². The van der Waals surface area contributed by atoms with Crippen molar-refractivity contribution in [3.05, 3.63) is 30.1 Å². The Morgan fingerprint density at radius 1 is 1.54 bits per heavy atom. The van der Waals surface area contributed by atoms with Gasteiger partial charge in [-0.1, -0.05) is 6.92 Å². The Morgan fingerprint density at radius 3 is 2.62 bits per heavy atom. The molecule has 1 atom stereocenters. The highest BCUT2D eigenvalue weighted by molar-refractivity contribution is 5.97. The molecule has 0 saturated carbocycles. The van der Waals surface area contributed by atoms with Gasteiger partial charge in [-0.25, -0.2) is 0 Å². The first-order chi connectivity index (χ1) is 6.29. The minimum Gasteiger partial charge on any atom is -0.330 e. The molecule has 1 heterocycles. The lowest BCUT2D eigenvalue weighted by molar-refractivity contribution is 0.0921. The fourth-order valence-electron chi connectivity index (χ4n) is 1.21. The summed E-state index contributed by atoms with van der Waals surface area (Å²) in [6.45, 7) is 2.38. The van der Waals surface area contributed by atoms with E-state index in [1.807, 2.05) is 6.92 Å². The van der Waals surface area contributed by atoms with Gasteiger partial charge in [0, 0.05) is 30.4 Å². The van der Waals surface area contributed by atoms with Crippen LogP contribution < -0.4 is 5.73 Å². The molecule has 3 heteroatoms. The van der Waals surface area contributed by atoms with Gasteiger partial charge in [0.05, 0.1) is 0 Å². The second-order valence-electron chi connectivity index (χ2n) is 2.94. The van der Waals surface area contributed by atoms with Crippen LogP contribution in [0.2, 0.25) is 0 Å². The number of pyridine rings is 1. The fraction of sp³-hybridized carbons (Fsp3) is 0.400. The minimum atomic E-state index is -0.0533. The largest absolute Gasteiger partial charge is 0.330 e. The van der Waals surface area contributed by atoms with E-state index in [1.54, 1.807) is 24.5 Å². The van der Waals surface area contributed by atoms with E-state index < -0.39 is 0 Å². The molecule has 0 fully saturated rings. The van der Waals surface area contributed by atoms with Gasteiger partial charge in [-0.05, 0) is 18.6 Å². The number of ketones is 1. The van der Waals surface area contributed by atoms with Crippen LogP contribution in [0, 0.1) is 5.92 Å². The van der Waals surface area contributed by atoms with E-state index in [0.29, 0.717) is 12.1 Å². The van der Waals surface area contributed by atoms with E-state index in [1.165, 1.54) is 0 Å². The average molecular weight is 178 g/mol. The van der Waals surface area contributed by atoms with Gasteiger partial charge in [0.2, 0.25) is 0 Å². The molecule has 0 bridgehead atoms. The molecule has 2 N–H and O–H groups in total. The number of carbonyl (C=O) groups is 1. The molecule has 0 aromatic carbocycles. The Morgan fingerprint density at radius 2 is 2.15 bits per heavy atom. The maximum Gasteiger partial charge on any atom is 0.167 e. The van der Waals surface area contributed by atoms with Crippen LogP contribution in [-0.2, 0) is 0 Å². The quantitative estimate of drug-likeness (QED) is 0.706. The van der Waals surface area contributed by atoms with E-state index >= 15 is 0 Å². The zero-order chi connectivity index (χ0) is 9.68. The number of aromatic nitrogens is 1. The third kappa shape index (κ3) is 2.36. The number of nitrogens with zero attached hydrogens (tertiary/aromatic N) is 1. The van der Waals surface area contributed by atoms with Gasteiger partial charge in [0.1, 0.15) is 0 Å². The molecule has 0 spiro atoms. The monoisotopic (exact) mass is 178 g/mol. The Kier molecular flexibility index (Phi) is 3.58. The van der Waals surface area contributed by atoms with Crippen LogP contribution in [0.1, 0.15) is 23.7 Å². The van der Waals surface area contributed by atoms with Crippen LogP contribution in [0.5, 0.6) is 0 Å². The van der Waals surface area contributed by atoms with Crippen LogP contribution in [-0.4, -0.2) is 17.3 Å². The average Bonchev–Trinajstić information content (AvgIpc) is 2.21. The molecule has 1 aromatic heterocycles. The molecule has 0 aliphatic rings. The Hall–Kier alpha value is -1.22. The number of nitrogens with two attached hydrogens (primary N) is 1. The zero-order valence-corrected chi connectivity index (χ0v) is 7.73. The molecule has 0 radical (unpaired) electrons. The van der Waals surface area contributed by atoms with Gasteiger partial charge < -0.3 is 5.73 Å². The molecule has 0 aliphatic carbocycles. The SMILES string of the molecule is CCC(CN)C(=O)c1ccncc1. The van der Waals surface area contributed by atoms with Gasteiger partial charge in [-0.15, -0.1) is 0 Å². The highest BCUT2D eigenvalue weighted by Gasteiger charge is 2.15. The highest BCUT2D eigenvalue weighted by atomic mass is 16.1. The topological polar surface area (TPSA) is 56.0 Å². The van der Waals surface area contributed by atoms with Gasteiger partial charge in [0.25, 0.3) is 0 Å². The molecule has 1 unspecified atom stereocenters. The molecular weight excluding hydrogens is 164 g/mol. The third-order valence-electron chi connectivity index (χ3n) is 2.11. The summed E-state index contributed by atoms with van der Waals surface area (Å²) in [7, 11) is 0. The molecule has 0 amide bonds. The lowest BCUT2D eigenvalue weighted by Gasteiger charge is -2.09. The highest BCUT2D eigenvalue weighted by Crippen LogP contribution is 2.09. The van der Waals surface area contributed by atoms with Crippen molar-refractivity contribution >= 4 is 5.78 Å². The number of Topliss-reactive ketones (excluding diaryl/α,β-unsaturated/α-hetero) is 1. The van der Waals surface area contributed by atoms with E-state index in [2.05, 4.69) is 4.98 Å². The molecule has 0 saturated heterocycles. The summed E-state index contributed by atoms with van der Waals surface area (Å²) < 4.78 is 0. The molecular formula is C10H14N2O. The van der Waals surface area contributed by atoms with Crippen LogP contribution in [0.15, 0.2) is 24.5 Å². The summed E-state index contributed by atoms with van der Waals surface area (Å²) in [6, 6.07) is 3.45. The lowest BCUT2D eigenvalue weighted by Crippen LogP contribution is -2.22. The van der Waals surface area contributed by atoms with Crippen LogP contribution in [0.25, 0.3) is 0 Å². The summed E-state index contributed by atoms with van der Waals surface area (Å²) in [5.41, 5.74) is 6.19. The molecule has 1 rings (SSSR count).